The minimum atomic E-state index is 0.211. The van der Waals surface area contributed by atoms with Gasteiger partial charge in [0.25, 0.3) is 0 Å². The van der Waals surface area contributed by atoms with E-state index in [0.29, 0.717) is 5.69 Å². The highest BCUT2D eigenvalue weighted by molar-refractivity contribution is 5.95. The second kappa shape index (κ2) is 2.77. The first-order chi connectivity index (χ1) is 4.84. The molecular formula is C5H7N5. The summed E-state index contributed by atoms with van der Waals surface area (Å²) in [5, 5.41) is 3.26. The van der Waals surface area contributed by atoms with E-state index in [2.05, 4.69) is 15.1 Å². The molecule has 1 heterocycles. The fraction of sp³-hybridized carbons (Fsp3) is 0. The van der Waals surface area contributed by atoms with Crippen LogP contribution in [-0.2, 0) is 0 Å². The van der Waals surface area contributed by atoms with Gasteiger partial charge in [-0.15, -0.1) is 0 Å². The number of hydrogen-bond donors (Lipinski definition) is 2. The molecule has 0 unspecified atom stereocenters. The van der Waals surface area contributed by atoms with E-state index >= 15 is 0 Å². The zero-order chi connectivity index (χ0) is 7.40. The van der Waals surface area contributed by atoms with Gasteiger partial charge in [0, 0.05) is 6.20 Å². The number of amidine groups is 1. The van der Waals surface area contributed by atoms with Gasteiger partial charge >= 0.3 is 0 Å². The van der Waals surface area contributed by atoms with Crippen molar-refractivity contribution in [3.63, 3.8) is 0 Å². The summed E-state index contributed by atoms with van der Waals surface area (Å²) in [6, 6.07) is 1.63. The predicted octanol–water partition coefficient (Wildman–Crippen LogP) is -0.944. The molecule has 10 heavy (non-hydrogen) atoms. The maximum absolute atomic E-state index is 5.33. The summed E-state index contributed by atoms with van der Waals surface area (Å²) in [5.74, 6) is 5.12. The standard InChI is InChI=1S/C5H7N5/c6-5(10-7)4-1-2-8-3-9-4/h1-3H,7H2,(H2,6,10). The van der Waals surface area contributed by atoms with Crippen LogP contribution in [0, 0.1) is 0 Å². The van der Waals surface area contributed by atoms with Crippen molar-refractivity contribution in [2.45, 2.75) is 0 Å². The van der Waals surface area contributed by atoms with Crippen molar-refractivity contribution in [1.29, 1.82) is 0 Å². The number of aromatic nitrogens is 2. The summed E-state index contributed by atoms with van der Waals surface area (Å²) >= 11 is 0. The Labute approximate surface area is 57.8 Å². The van der Waals surface area contributed by atoms with E-state index in [1.54, 1.807) is 12.3 Å². The van der Waals surface area contributed by atoms with Gasteiger partial charge in [0.15, 0.2) is 5.84 Å². The highest BCUT2D eigenvalue weighted by atomic mass is 15.2. The Kier molecular flexibility index (Phi) is 1.79. The van der Waals surface area contributed by atoms with Crippen LogP contribution < -0.4 is 11.6 Å². The van der Waals surface area contributed by atoms with E-state index in [9.17, 15) is 0 Å². The summed E-state index contributed by atoms with van der Waals surface area (Å²) in [5.41, 5.74) is 5.87. The Hall–Kier alpha value is -1.65. The Bertz CT molecular complexity index is 229. The molecule has 0 aliphatic heterocycles. The largest absolute Gasteiger partial charge is 0.380 e. The van der Waals surface area contributed by atoms with Gasteiger partial charge in [-0.25, -0.2) is 9.97 Å². The lowest BCUT2D eigenvalue weighted by atomic mass is 10.4. The SMILES string of the molecule is N/N=C(\N)c1ccncn1. The average Bonchev–Trinajstić information content (AvgIpc) is 2.05. The molecule has 0 radical (unpaired) electrons. The normalized spacial score (nSPS) is 11.4. The molecule has 0 fully saturated rings. The van der Waals surface area contributed by atoms with Crippen molar-refractivity contribution < 1.29 is 0 Å². The van der Waals surface area contributed by atoms with Crippen molar-refractivity contribution in [2.75, 3.05) is 0 Å². The minimum absolute atomic E-state index is 0.211. The number of hydrazone groups is 1. The molecule has 1 aromatic heterocycles. The molecule has 1 aromatic rings. The van der Waals surface area contributed by atoms with Crippen LogP contribution in [0.1, 0.15) is 5.69 Å². The van der Waals surface area contributed by atoms with E-state index in [1.165, 1.54) is 6.33 Å². The second-order valence-electron chi connectivity index (χ2n) is 1.61. The minimum Gasteiger partial charge on any atom is -0.380 e. The number of nitrogens with zero attached hydrogens (tertiary/aromatic N) is 3. The lowest BCUT2D eigenvalue weighted by Crippen LogP contribution is -2.16. The molecule has 52 valence electrons. The van der Waals surface area contributed by atoms with Crippen LogP contribution >= 0.6 is 0 Å². The lowest BCUT2D eigenvalue weighted by Gasteiger charge is -1.93. The van der Waals surface area contributed by atoms with Gasteiger partial charge in [-0.3, -0.25) is 0 Å². The quantitative estimate of drug-likeness (QED) is 0.226. The van der Waals surface area contributed by atoms with Crippen molar-refractivity contribution in [2.24, 2.45) is 16.7 Å². The van der Waals surface area contributed by atoms with Crippen LogP contribution in [0.5, 0.6) is 0 Å². The third-order valence-electron chi connectivity index (χ3n) is 0.983. The number of hydrogen-bond acceptors (Lipinski definition) is 4. The second-order valence-corrected chi connectivity index (χ2v) is 1.61. The summed E-state index contributed by atoms with van der Waals surface area (Å²) in [6.45, 7) is 0. The Balaban J connectivity index is 2.96. The van der Waals surface area contributed by atoms with Gasteiger partial charge in [0.1, 0.15) is 12.0 Å². The number of nitrogens with two attached hydrogens (primary N) is 2. The van der Waals surface area contributed by atoms with Gasteiger partial charge in [-0.2, -0.15) is 5.10 Å². The van der Waals surface area contributed by atoms with Gasteiger partial charge in [-0.05, 0) is 6.07 Å². The molecule has 0 aromatic carbocycles. The fourth-order valence-electron chi connectivity index (χ4n) is 0.508. The van der Waals surface area contributed by atoms with Crippen molar-refractivity contribution >= 4 is 5.84 Å². The molecule has 4 N–H and O–H groups in total. The average molecular weight is 137 g/mol. The van der Waals surface area contributed by atoms with Gasteiger partial charge in [-0.1, -0.05) is 0 Å². The van der Waals surface area contributed by atoms with E-state index in [1.807, 2.05) is 0 Å². The fourth-order valence-corrected chi connectivity index (χ4v) is 0.508. The first-order valence-corrected chi connectivity index (χ1v) is 2.64. The Morgan fingerprint density at radius 2 is 2.40 bits per heavy atom. The summed E-state index contributed by atoms with van der Waals surface area (Å²) in [7, 11) is 0. The summed E-state index contributed by atoms with van der Waals surface area (Å²) < 4.78 is 0. The highest BCUT2D eigenvalue weighted by Crippen LogP contribution is 1.87. The third kappa shape index (κ3) is 1.19. The van der Waals surface area contributed by atoms with E-state index in [-0.39, 0.29) is 5.84 Å². The van der Waals surface area contributed by atoms with Crippen LogP contribution in [-0.4, -0.2) is 15.8 Å². The van der Waals surface area contributed by atoms with Gasteiger partial charge < -0.3 is 11.6 Å². The first kappa shape index (κ1) is 6.47. The first-order valence-electron chi connectivity index (χ1n) is 2.64. The van der Waals surface area contributed by atoms with Crippen LogP contribution in [0.3, 0.4) is 0 Å². The molecule has 5 heteroatoms. The zero-order valence-corrected chi connectivity index (χ0v) is 5.23. The molecule has 5 nitrogen and oxygen atoms in total. The molecule has 0 atom stereocenters. The highest BCUT2D eigenvalue weighted by Gasteiger charge is 1.95. The predicted molar refractivity (Wildman–Crippen MR) is 36.9 cm³/mol. The molecule has 0 amide bonds. The van der Waals surface area contributed by atoms with Crippen molar-refractivity contribution in [3.8, 4) is 0 Å². The maximum Gasteiger partial charge on any atom is 0.169 e. The zero-order valence-electron chi connectivity index (χ0n) is 5.23. The smallest absolute Gasteiger partial charge is 0.169 e. The van der Waals surface area contributed by atoms with Gasteiger partial charge in [0.05, 0.1) is 0 Å². The van der Waals surface area contributed by atoms with Crippen LogP contribution in [0.2, 0.25) is 0 Å². The van der Waals surface area contributed by atoms with E-state index < -0.39 is 0 Å². The molecule has 0 saturated carbocycles. The number of rotatable bonds is 1. The van der Waals surface area contributed by atoms with E-state index in [0.717, 1.165) is 0 Å². The molecule has 0 aliphatic rings. The van der Waals surface area contributed by atoms with Crippen molar-refractivity contribution in [1.82, 2.24) is 9.97 Å². The molecule has 0 spiro atoms. The molecule has 0 bridgehead atoms. The Morgan fingerprint density at radius 3 is 2.90 bits per heavy atom. The van der Waals surface area contributed by atoms with Crippen LogP contribution in [0.25, 0.3) is 0 Å². The van der Waals surface area contributed by atoms with Crippen LogP contribution in [0.15, 0.2) is 23.7 Å². The van der Waals surface area contributed by atoms with Crippen LogP contribution in [0.4, 0.5) is 0 Å². The molecule has 1 rings (SSSR count). The monoisotopic (exact) mass is 137 g/mol. The Morgan fingerprint density at radius 1 is 1.60 bits per heavy atom. The third-order valence-corrected chi connectivity index (χ3v) is 0.983. The van der Waals surface area contributed by atoms with Gasteiger partial charge in [0.2, 0.25) is 0 Å². The molecule has 0 saturated heterocycles. The maximum atomic E-state index is 5.33. The lowest BCUT2D eigenvalue weighted by molar-refractivity contribution is 1.13. The molecule has 0 aliphatic carbocycles. The summed E-state index contributed by atoms with van der Waals surface area (Å²) in [4.78, 5) is 7.50. The molecular weight excluding hydrogens is 130 g/mol. The summed E-state index contributed by atoms with van der Waals surface area (Å²) in [6.07, 6.45) is 2.95. The van der Waals surface area contributed by atoms with E-state index in [4.69, 9.17) is 11.6 Å². The topological polar surface area (TPSA) is 90.2 Å². The van der Waals surface area contributed by atoms with Crippen molar-refractivity contribution in [3.05, 3.63) is 24.3 Å².